The van der Waals surface area contributed by atoms with Crippen LogP contribution in [0.3, 0.4) is 0 Å². The van der Waals surface area contributed by atoms with Crippen molar-refractivity contribution in [3.05, 3.63) is 236 Å². The summed E-state index contributed by atoms with van der Waals surface area (Å²) in [5, 5.41) is 1.00. The van der Waals surface area contributed by atoms with Crippen molar-refractivity contribution < 1.29 is 47.2 Å². The molecule has 0 fully saturated rings. The fourth-order valence-electron chi connectivity index (χ4n) is 13.0. The van der Waals surface area contributed by atoms with E-state index in [1.807, 2.05) is 114 Å². The molecule has 0 amide bonds. The van der Waals surface area contributed by atoms with Gasteiger partial charge in [-0.15, -0.1) is 0 Å². The number of ether oxygens (including phenoxy) is 6. The number of carbonyl (C=O) groups excluding carboxylic acids is 3. The first-order valence-electron chi connectivity index (χ1n) is 27.0. The monoisotopic (exact) mass is 1080 g/mol. The summed E-state index contributed by atoms with van der Waals surface area (Å²) in [5.41, 5.74) is 16.5. The Kier molecular flexibility index (Phi) is 11.2. The maximum absolute atomic E-state index is 14.9. The highest BCUT2D eigenvalue weighted by molar-refractivity contribution is 6.17. The first-order chi connectivity index (χ1) is 40.2. The van der Waals surface area contributed by atoms with Gasteiger partial charge >= 0.3 is 23.5 Å². The van der Waals surface area contributed by atoms with E-state index in [2.05, 4.69) is 18.2 Å². The first kappa shape index (κ1) is 48.6. The van der Waals surface area contributed by atoms with Crippen LogP contribution in [0.25, 0.3) is 77.6 Å². The maximum atomic E-state index is 14.9. The van der Waals surface area contributed by atoms with Gasteiger partial charge in [0.1, 0.15) is 11.1 Å². The highest BCUT2D eigenvalue weighted by Crippen LogP contribution is 2.51. The van der Waals surface area contributed by atoms with Crippen LogP contribution in [0, 0.1) is 0 Å². The number of aryl methyl sites for hydroxylation is 2. The number of fused-ring (bicyclic) bond motifs is 16. The van der Waals surface area contributed by atoms with Crippen LogP contribution in [-0.4, -0.2) is 43.8 Å². The summed E-state index contributed by atoms with van der Waals surface area (Å²) in [4.78, 5) is 57.9. The normalized spacial score (nSPS) is 12.8. The SMILES string of the molecule is COc1cc(-c2c3n(c4c(=O)oc5cc(OC(=O)c6cccc7c6-c6ccccc6C7)c(OC)cc5c24)CCc2cc(OC(=O)c4cccc5c4-c4ccccc4C5)c(OC)cc2-3)ccc1OC(=O)c1cccc2c1-c1ccccc1C2. The van der Waals surface area contributed by atoms with E-state index >= 15 is 0 Å². The van der Waals surface area contributed by atoms with Crippen LogP contribution in [0.4, 0.5) is 0 Å². The van der Waals surface area contributed by atoms with E-state index in [9.17, 15) is 19.2 Å². The van der Waals surface area contributed by atoms with Crippen molar-refractivity contribution in [1.29, 1.82) is 0 Å². The lowest BCUT2D eigenvalue weighted by atomic mass is 9.91. The lowest BCUT2D eigenvalue weighted by molar-refractivity contribution is 0.0721. The van der Waals surface area contributed by atoms with Gasteiger partial charge in [-0.25, -0.2) is 19.2 Å². The number of methoxy groups -OCH3 is 3. The Bertz CT molecular complexity index is 4690. The van der Waals surface area contributed by atoms with Gasteiger partial charge in [-0.2, -0.15) is 0 Å². The number of rotatable bonds is 10. The molecule has 12 heteroatoms. The summed E-state index contributed by atoms with van der Waals surface area (Å²) in [6, 6.07) is 53.3. The third-order valence-electron chi connectivity index (χ3n) is 16.6. The second kappa shape index (κ2) is 18.8. The lowest BCUT2D eigenvalue weighted by Gasteiger charge is -2.23. The molecule has 11 aromatic rings. The quantitative estimate of drug-likeness (QED) is 0.0734. The Labute approximate surface area is 469 Å². The van der Waals surface area contributed by atoms with Crippen molar-refractivity contribution in [1.82, 2.24) is 4.57 Å². The summed E-state index contributed by atoms with van der Waals surface area (Å²) < 4.78 is 45.0. The third-order valence-corrected chi connectivity index (χ3v) is 16.6. The third kappa shape index (κ3) is 7.51. The second-order valence-corrected chi connectivity index (χ2v) is 21.0. The topological polar surface area (TPSA) is 142 Å². The molecule has 0 spiro atoms. The van der Waals surface area contributed by atoms with Crippen molar-refractivity contribution in [2.45, 2.75) is 32.2 Å². The van der Waals surface area contributed by atoms with E-state index in [0.717, 1.165) is 78.7 Å². The summed E-state index contributed by atoms with van der Waals surface area (Å²) in [7, 11) is 4.51. The minimum Gasteiger partial charge on any atom is -0.493 e. The molecule has 398 valence electrons. The molecule has 0 N–H and O–H groups in total. The van der Waals surface area contributed by atoms with Crippen LogP contribution in [0.1, 0.15) is 70.0 Å². The molecular weight excluding hydrogens is 1030 g/mol. The van der Waals surface area contributed by atoms with E-state index in [4.69, 9.17) is 32.8 Å². The molecule has 3 aliphatic carbocycles. The number of nitrogens with zero attached hydrogens (tertiary/aromatic N) is 1. The van der Waals surface area contributed by atoms with Gasteiger partial charge in [-0.3, -0.25) is 0 Å². The fourth-order valence-corrected chi connectivity index (χ4v) is 13.0. The average Bonchev–Trinajstić information content (AvgIpc) is 2.77. The Morgan fingerprint density at radius 2 is 0.890 bits per heavy atom. The van der Waals surface area contributed by atoms with Crippen molar-refractivity contribution in [3.63, 3.8) is 0 Å². The Morgan fingerprint density at radius 3 is 1.41 bits per heavy atom. The molecule has 0 atom stereocenters. The molecule has 3 heterocycles. The molecule has 0 saturated heterocycles. The minimum absolute atomic E-state index is 0.0547. The zero-order valence-electron chi connectivity index (χ0n) is 44.6. The standard InChI is InChI=1S/C70H47NO11/c1-76-55-33-44(25-26-53(55)79-67(72)48-22-10-16-41-29-37-13-4-7-19-45(37)60(41)48)63-64-52-35-57(78-3)59(82-69(74)50-24-12-18-43-31-39-15-6-9-21-47(39)62(43)50)36-54(52)80-70(75)66(64)71-28-27-40-32-58(56(77-2)34-51(40)65(63)71)81-68(73)49-23-11-17-42-30-38-14-5-8-20-46(38)61(42)49/h4-26,32-36H,27-31H2,1-3H3. The molecule has 1 aliphatic heterocycles. The molecule has 82 heavy (non-hydrogen) atoms. The van der Waals surface area contributed by atoms with Gasteiger partial charge in [-0.05, 0) is 135 Å². The molecular formula is C70H47NO11. The first-order valence-corrected chi connectivity index (χ1v) is 27.0. The number of carbonyl (C=O) groups is 3. The maximum Gasteiger partial charge on any atom is 0.361 e. The van der Waals surface area contributed by atoms with Crippen LogP contribution >= 0.6 is 0 Å². The zero-order valence-corrected chi connectivity index (χ0v) is 44.6. The van der Waals surface area contributed by atoms with Crippen molar-refractivity contribution in [2.24, 2.45) is 0 Å². The number of aromatic nitrogens is 1. The van der Waals surface area contributed by atoms with Crippen molar-refractivity contribution in [2.75, 3.05) is 21.3 Å². The molecule has 4 aliphatic rings. The zero-order chi connectivity index (χ0) is 55.5. The van der Waals surface area contributed by atoms with E-state index in [-0.39, 0.29) is 45.6 Å². The van der Waals surface area contributed by atoms with Crippen LogP contribution in [0.5, 0.6) is 34.5 Å². The van der Waals surface area contributed by atoms with Crippen molar-refractivity contribution >= 4 is 39.8 Å². The van der Waals surface area contributed by atoms with E-state index < -0.39 is 23.5 Å². The highest BCUT2D eigenvalue weighted by Gasteiger charge is 2.34. The molecule has 12 nitrogen and oxygen atoms in total. The Hall–Kier alpha value is -10.5. The number of benzene rings is 9. The van der Waals surface area contributed by atoms with Gasteiger partial charge in [-0.1, -0.05) is 115 Å². The number of hydrogen-bond donors (Lipinski definition) is 0. The summed E-state index contributed by atoms with van der Waals surface area (Å²) in [5.74, 6) is -0.422. The van der Waals surface area contributed by atoms with Crippen LogP contribution in [-0.2, 0) is 32.2 Å². The minimum atomic E-state index is -0.637. The smallest absolute Gasteiger partial charge is 0.361 e. The summed E-state index contributed by atoms with van der Waals surface area (Å²) in [6.07, 6.45) is 2.56. The number of esters is 3. The Morgan fingerprint density at radius 1 is 0.427 bits per heavy atom. The van der Waals surface area contributed by atoms with Gasteiger partial charge in [0.15, 0.2) is 34.5 Å². The molecule has 0 saturated carbocycles. The van der Waals surface area contributed by atoms with E-state index in [0.29, 0.717) is 75.7 Å². The fraction of sp³-hybridized carbons (Fsp3) is 0.114. The van der Waals surface area contributed by atoms with Gasteiger partial charge in [0, 0.05) is 51.2 Å². The van der Waals surface area contributed by atoms with Gasteiger partial charge < -0.3 is 37.4 Å². The summed E-state index contributed by atoms with van der Waals surface area (Å²) in [6.45, 7) is 0.326. The molecule has 0 radical (unpaired) electrons. The van der Waals surface area contributed by atoms with Crippen LogP contribution in [0.2, 0.25) is 0 Å². The average molecular weight is 1080 g/mol. The Balaban J connectivity index is 0.871. The molecule has 2 aromatic heterocycles. The lowest BCUT2D eigenvalue weighted by Crippen LogP contribution is -2.16. The second-order valence-electron chi connectivity index (χ2n) is 21.0. The molecule has 15 rings (SSSR count). The van der Waals surface area contributed by atoms with E-state index in [1.54, 1.807) is 36.4 Å². The van der Waals surface area contributed by atoms with Crippen LogP contribution in [0.15, 0.2) is 179 Å². The number of hydrogen-bond acceptors (Lipinski definition) is 11. The van der Waals surface area contributed by atoms with Crippen LogP contribution < -0.4 is 34.0 Å². The largest absolute Gasteiger partial charge is 0.493 e. The van der Waals surface area contributed by atoms with Crippen molar-refractivity contribution in [3.8, 4) is 90.3 Å². The van der Waals surface area contributed by atoms with Gasteiger partial charge in [0.25, 0.3) is 0 Å². The predicted octanol–water partition coefficient (Wildman–Crippen LogP) is 14.0. The van der Waals surface area contributed by atoms with E-state index in [1.165, 1.54) is 27.4 Å². The molecule has 0 bridgehead atoms. The summed E-state index contributed by atoms with van der Waals surface area (Å²) >= 11 is 0. The predicted molar refractivity (Wildman–Crippen MR) is 311 cm³/mol. The van der Waals surface area contributed by atoms with Gasteiger partial charge in [0.2, 0.25) is 0 Å². The molecule has 9 aromatic carbocycles. The molecule has 0 unspecified atom stereocenters. The van der Waals surface area contributed by atoms with Gasteiger partial charge in [0.05, 0.1) is 43.7 Å². The highest BCUT2D eigenvalue weighted by atomic mass is 16.6.